The molecule has 0 bridgehead atoms. The molecule has 0 saturated carbocycles. The smallest absolute Gasteiger partial charge is 0.115 e. The minimum absolute atomic E-state index is 0.360. The number of aryl methyl sites for hydroxylation is 1. The minimum Gasteiger partial charge on any atom is -0.508 e. The molecular weight excluding hydrogens is 186 g/mol. The summed E-state index contributed by atoms with van der Waals surface area (Å²) in [6.45, 7) is 3.80. The highest BCUT2D eigenvalue weighted by atomic mass is 16.3. The Morgan fingerprint density at radius 3 is 2.40 bits per heavy atom. The molecule has 82 valence electrons. The van der Waals surface area contributed by atoms with Gasteiger partial charge in [0, 0.05) is 0 Å². The molecule has 2 heteroatoms. The lowest BCUT2D eigenvalue weighted by Crippen LogP contribution is -2.20. The average molecular weight is 205 g/mol. The normalized spacial score (nSPS) is 17.1. The van der Waals surface area contributed by atoms with Crippen LogP contribution in [0, 0.1) is 0 Å². The molecule has 1 aliphatic heterocycles. The van der Waals surface area contributed by atoms with E-state index in [0.717, 1.165) is 6.42 Å². The maximum absolute atomic E-state index is 9.15. The summed E-state index contributed by atoms with van der Waals surface area (Å²) in [6, 6.07) is 7.56. The molecule has 1 aliphatic rings. The van der Waals surface area contributed by atoms with Gasteiger partial charge < -0.3 is 10.0 Å². The summed E-state index contributed by atoms with van der Waals surface area (Å²) in [5, 5.41) is 9.15. The predicted octanol–water partition coefficient (Wildman–Crippen LogP) is 2.42. The Morgan fingerprint density at radius 2 is 1.73 bits per heavy atom. The van der Waals surface area contributed by atoms with Crippen molar-refractivity contribution < 1.29 is 5.11 Å². The zero-order valence-electron chi connectivity index (χ0n) is 9.15. The molecule has 0 aromatic heterocycles. The number of rotatable bonds is 4. The van der Waals surface area contributed by atoms with Crippen molar-refractivity contribution in [1.82, 2.24) is 4.90 Å². The van der Waals surface area contributed by atoms with E-state index in [1.54, 1.807) is 12.1 Å². The Balaban J connectivity index is 1.71. The molecule has 0 amide bonds. The number of phenolic OH excluding ortho intramolecular Hbond substituents is 1. The second kappa shape index (κ2) is 5.17. The molecule has 0 unspecified atom stereocenters. The van der Waals surface area contributed by atoms with Crippen LogP contribution in [0.5, 0.6) is 5.75 Å². The number of nitrogens with zero attached hydrogens (tertiary/aromatic N) is 1. The first-order valence-corrected chi connectivity index (χ1v) is 5.85. The first kappa shape index (κ1) is 10.5. The number of hydrogen-bond acceptors (Lipinski definition) is 2. The molecular formula is C13H19NO. The molecule has 1 aromatic rings. The van der Waals surface area contributed by atoms with E-state index in [4.69, 9.17) is 5.11 Å². The number of hydrogen-bond donors (Lipinski definition) is 1. The summed E-state index contributed by atoms with van der Waals surface area (Å²) < 4.78 is 0. The maximum Gasteiger partial charge on any atom is 0.115 e. The van der Waals surface area contributed by atoms with Crippen LogP contribution in [0.3, 0.4) is 0 Å². The Morgan fingerprint density at radius 1 is 1.07 bits per heavy atom. The van der Waals surface area contributed by atoms with Crippen LogP contribution in [0.15, 0.2) is 24.3 Å². The summed E-state index contributed by atoms with van der Waals surface area (Å²) in [5.74, 6) is 0.360. The molecule has 2 rings (SSSR count). The molecule has 1 heterocycles. The van der Waals surface area contributed by atoms with E-state index in [2.05, 4.69) is 4.90 Å². The van der Waals surface area contributed by atoms with Crippen LogP contribution in [0.2, 0.25) is 0 Å². The molecule has 15 heavy (non-hydrogen) atoms. The highest BCUT2D eigenvalue weighted by molar-refractivity contribution is 5.25. The molecule has 1 aromatic carbocycles. The number of aromatic hydroxyl groups is 1. The maximum atomic E-state index is 9.15. The lowest BCUT2D eigenvalue weighted by atomic mass is 10.1. The largest absolute Gasteiger partial charge is 0.508 e. The summed E-state index contributed by atoms with van der Waals surface area (Å²) in [4.78, 5) is 2.54. The molecule has 0 radical (unpaired) electrons. The average Bonchev–Trinajstić information content (AvgIpc) is 2.74. The summed E-state index contributed by atoms with van der Waals surface area (Å²) >= 11 is 0. The standard InChI is InChI=1S/C13H19NO/c15-13-7-5-12(6-8-13)4-3-11-14-9-1-2-10-14/h5-8,15H,1-4,9-11H2. The van der Waals surface area contributed by atoms with E-state index in [-0.39, 0.29) is 0 Å². The van der Waals surface area contributed by atoms with Gasteiger partial charge in [0.05, 0.1) is 0 Å². The molecule has 1 saturated heterocycles. The van der Waals surface area contributed by atoms with Gasteiger partial charge in [-0.05, 0) is 63.0 Å². The lowest BCUT2D eigenvalue weighted by Gasteiger charge is -2.13. The van der Waals surface area contributed by atoms with E-state index in [1.807, 2.05) is 12.1 Å². The van der Waals surface area contributed by atoms with Crippen molar-refractivity contribution in [2.75, 3.05) is 19.6 Å². The second-order valence-corrected chi connectivity index (χ2v) is 4.32. The van der Waals surface area contributed by atoms with Crippen LogP contribution in [0.25, 0.3) is 0 Å². The Kier molecular flexibility index (Phi) is 3.62. The van der Waals surface area contributed by atoms with Gasteiger partial charge in [-0.1, -0.05) is 12.1 Å². The first-order chi connectivity index (χ1) is 7.34. The van der Waals surface area contributed by atoms with E-state index in [0.29, 0.717) is 5.75 Å². The zero-order valence-corrected chi connectivity index (χ0v) is 9.15. The third-order valence-corrected chi connectivity index (χ3v) is 3.07. The third kappa shape index (κ3) is 3.24. The van der Waals surface area contributed by atoms with Gasteiger partial charge in [-0.25, -0.2) is 0 Å². The van der Waals surface area contributed by atoms with Crippen LogP contribution in [-0.2, 0) is 6.42 Å². The van der Waals surface area contributed by atoms with Crippen molar-refractivity contribution in [3.8, 4) is 5.75 Å². The van der Waals surface area contributed by atoms with E-state index in [9.17, 15) is 0 Å². The highest BCUT2D eigenvalue weighted by Crippen LogP contribution is 2.12. The predicted molar refractivity (Wildman–Crippen MR) is 62.1 cm³/mol. The summed E-state index contributed by atoms with van der Waals surface area (Å²) in [6.07, 6.45) is 5.10. The molecule has 0 spiro atoms. The SMILES string of the molecule is Oc1ccc(CCCN2CCCC2)cc1. The van der Waals surface area contributed by atoms with E-state index in [1.165, 1.54) is 44.5 Å². The van der Waals surface area contributed by atoms with Crippen molar-refractivity contribution >= 4 is 0 Å². The van der Waals surface area contributed by atoms with Crippen LogP contribution in [0.4, 0.5) is 0 Å². The second-order valence-electron chi connectivity index (χ2n) is 4.32. The number of benzene rings is 1. The van der Waals surface area contributed by atoms with Crippen LogP contribution in [0.1, 0.15) is 24.8 Å². The van der Waals surface area contributed by atoms with Gasteiger partial charge >= 0.3 is 0 Å². The van der Waals surface area contributed by atoms with Gasteiger partial charge in [-0.2, -0.15) is 0 Å². The lowest BCUT2D eigenvalue weighted by molar-refractivity contribution is 0.334. The van der Waals surface area contributed by atoms with Gasteiger partial charge in [-0.3, -0.25) is 0 Å². The Hall–Kier alpha value is -1.02. The topological polar surface area (TPSA) is 23.5 Å². The molecule has 0 aliphatic carbocycles. The van der Waals surface area contributed by atoms with E-state index >= 15 is 0 Å². The van der Waals surface area contributed by atoms with Gasteiger partial charge in [0.1, 0.15) is 5.75 Å². The molecule has 1 fully saturated rings. The van der Waals surface area contributed by atoms with Gasteiger partial charge in [0.25, 0.3) is 0 Å². The zero-order chi connectivity index (χ0) is 10.5. The van der Waals surface area contributed by atoms with Crippen molar-refractivity contribution in [2.45, 2.75) is 25.7 Å². The highest BCUT2D eigenvalue weighted by Gasteiger charge is 2.10. The summed E-state index contributed by atoms with van der Waals surface area (Å²) in [7, 11) is 0. The molecule has 0 atom stereocenters. The number of likely N-dealkylation sites (tertiary alicyclic amines) is 1. The summed E-state index contributed by atoms with van der Waals surface area (Å²) in [5.41, 5.74) is 1.33. The van der Waals surface area contributed by atoms with Crippen LogP contribution in [-0.4, -0.2) is 29.6 Å². The van der Waals surface area contributed by atoms with Crippen molar-refractivity contribution in [3.63, 3.8) is 0 Å². The Bertz CT molecular complexity index is 288. The van der Waals surface area contributed by atoms with Crippen molar-refractivity contribution in [1.29, 1.82) is 0 Å². The molecule has 1 N–H and O–H groups in total. The van der Waals surface area contributed by atoms with Gasteiger partial charge in [-0.15, -0.1) is 0 Å². The van der Waals surface area contributed by atoms with Crippen LogP contribution >= 0.6 is 0 Å². The first-order valence-electron chi connectivity index (χ1n) is 5.85. The van der Waals surface area contributed by atoms with Crippen LogP contribution < -0.4 is 0 Å². The fourth-order valence-electron chi connectivity index (χ4n) is 2.18. The monoisotopic (exact) mass is 205 g/mol. The Labute approximate surface area is 91.5 Å². The number of phenols is 1. The fraction of sp³-hybridized carbons (Fsp3) is 0.538. The molecule has 2 nitrogen and oxygen atoms in total. The van der Waals surface area contributed by atoms with Crippen molar-refractivity contribution in [2.24, 2.45) is 0 Å². The van der Waals surface area contributed by atoms with Gasteiger partial charge in [0.2, 0.25) is 0 Å². The fourth-order valence-corrected chi connectivity index (χ4v) is 2.18. The van der Waals surface area contributed by atoms with Crippen molar-refractivity contribution in [3.05, 3.63) is 29.8 Å². The third-order valence-electron chi connectivity index (χ3n) is 3.07. The van der Waals surface area contributed by atoms with Gasteiger partial charge in [0.15, 0.2) is 0 Å². The minimum atomic E-state index is 0.360. The van der Waals surface area contributed by atoms with E-state index < -0.39 is 0 Å². The quantitative estimate of drug-likeness (QED) is 0.816.